The van der Waals surface area contributed by atoms with Gasteiger partial charge in [0.15, 0.2) is 0 Å². The Morgan fingerprint density at radius 2 is 2.15 bits per heavy atom. The van der Waals surface area contributed by atoms with E-state index in [9.17, 15) is 8.42 Å². The zero-order chi connectivity index (χ0) is 14.6. The van der Waals surface area contributed by atoms with Crippen LogP contribution < -0.4 is 5.32 Å². The third-order valence-electron chi connectivity index (χ3n) is 3.61. The number of hydrogen-bond acceptors (Lipinski definition) is 3. The lowest BCUT2D eigenvalue weighted by molar-refractivity contribution is 0.412. The topological polar surface area (TPSA) is 65.2 Å². The second kappa shape index (κ2) is 6.74. The molecule has 0 aromatic carbocycles. The first kappa shape index (κ1) is 15.5. The fraction of sp³-hybridized carbons (Fsp3) is 0.714. The van der Waals surface area contributed by atoms with Gasteiger partial charge < -0.3 is 10.3 Å². The molecule has 5 nitrogen and oxygen atoms in total. The maximum absolute atomic E-state index is 12.6. The zero-order valence-electron chi connectivity index (χ0n) is 12.4. The van der Waals surface area contributed by atoms with Gasteiger partial charge in [-0.25, -0.2) is 8.42 Å². The van der Waals surface area contributed by atoms with E-state index in [1.165, 1.54) is 0 Å². The fourth-order valence-electron chi connectivity index (χ4n) is 2.20. The molecule has 0 amide bonds. The Morgan fingerprint density at radius 3 is 2.75 bits per heavy atom. The third kappa shape index (κ3) is 3.84. The Balaban J connectivity index is 2.03. The summed E-state index contributed by atoms with van der Waals surface area (Å²) in [6, 6.07) is 1.74. The molecule has 1 fully saturated rings. The summed E-state index contributed by atoms with van der Waals surface area (Å²) in [6.07, 6.45) is 4.99. The van der Waals surface area contributed by atoms with Gasteiger partial charge in [0, 0.05) is 31.5 Å². The van der Waals surface area contributed by atoms with E-state index in [1.807, 2.05) is 6.92 Å². The lowest BCUT2D eigenvalue weighted by Crippen LogP contribution is -2.32. The molecule has 2 rings (SSSR count). The van der Waals surface area contributed by atoms with Crippen LogP contribution in [0.15, 0.2) is 17.2 Å². The van der Waals surface area contributed by atoms with Gasteiger partial charge in [-0.1, -0.05) is 13.8 Å². The van der Waals surface area contributed by atoms with E-state index >= 15 is 0 Å². The molecule has 0 bridgehead atoms. The highest BCUT2D eigenvalue weighted by molar-refractivity contribution is 7.89. The Labute approximate surface area is 121 Å². The van der Waals surface area contributed by atoms with Crippen LogP contribution in [0.1, 0.15) is 38.8 Å². The van der Waals surface area contributed by atoms with Gasteiger partial charge in [0.05, 0.1) is 4.90 Å². The summed E-state index contributed by atoms with van der Waals surface area (Å²) in [7, 11) is -3.34. The smallest absolute Gasteiger partial charge is 0.244 e. The highest BCUT2D eigenvalue weighted by atomic mass is 32.2. The molecule has 1 saturated carbocycles. The van der Waals surface area contributed by atoms with Gasteiger partial charge in [0.25, 0.3) is 0 Å². The Bertz CT molecular complexity index is 520. The van der Waals surface area contributed by atoms with Gasteiger partial charge >= 0.3 is 0 Å². The molecule has 20 heavy (non-hydrogen) atoms. The summed E-state index contributed by atoms with van der Waals surface area (Å²) in [6.45, 7) is 6.81. The van der Waals surface area contributed by atoms with Crippen molar-refractivity contribution in [2.75, 3.05) is 19.6 Å². The standard InChI is InChI=1S/C14H25N3O2S/c1-3-7-15-9-13-8-14(10-16-13)20(18,19)17(4-2)11-12-5-6-12/h8,10,12,15-16H,3-7,9,11H2,1-2H3. The first-order valence-electron chi connectivity index (χ1n) is 7.46. The minimum absolute atomic E-state index is 0.383. The second-order valence-electron chi connectivity index (χ2n) is 5.44. The largest absolute Gasteiger partial charge is 0.363 e. The van der Waals surface area contributed by atoms with Crippen molar-refractivity contribution in [1.29, 1.82) is 0 Å². The van der Waals surface area contributed by atoms with Crippen LogP contribution >= 0.6 is 0 Å². The van der Waals surface area contributed by atoms with Crippen molar-refractivity contribution >= 4 is 10.0 Å². The summed E-state index contributed by atoms with van der Waals surface area (Å²) in [4.78, 5) is 3.43. The quantitative estimate of drug-likeness (QED) is 0.685. The average molecular weight is 299 g/mol. The van der Waals surface area contributed by atoms with Crippen molar-refractivity contribution in [3.05, 3.63) is 18.0 Å². The first-order valence-corrected chi connectivity index (χ1v) is 8.90. The molecule has 0 atom stereocenters. The predicted octanol–water partition coefficient (Wildman–Crippen LogP) is 1.93. The Hall–Kier alpha value is -0.850. The molecule has 1 heterocycles. The van der Waals surface area contributed by atoms with Gasteiger partial charge in [-0.3, -0.25) is 0 Å². The molecule has 114 valence electrons. The lowest BCUT2D eigenvalue weighted by atomic mass is 10.4. The van der Waals surface area contributed by atoms with Crippen LogP contribution in [0.5, 0.6) is 0 Å². The van der Waals surface area contributed by atoms with Crippen LogP contribution in [0.2, 0.25) is 0 Å². The summed E-state index contributed by atoms with van der Waals surface area (Å²) in [5.41, 5.74) is 0.916. The number of rotatable bonds is 9. The number of sulfonamides is 1. The van der Waals surface area contributed by atoms with E-state index in [1.54, 1.807) is 16.6 Å². The number of nitrogens with one attached hydrogen (secondary N) is 2. The number of H-pyrrole nitrogens is 1. The third-order valence-corrected chi connectivity index (χ3v) is 5.53. The predicted molar refractivity (Wildman–Crippen MR) is 79.9 cm³/mol. The molecule has 0 aliphatic heterocycles. The monoisotopic (exact) mass is 299 g/mol. The highest BCUT2D eigenvalue weighted by Gasteiger charge is 2.31. The average Bonchev–Trinajstić information content (AvgIpc) is 3.12. The SMILES string of the molecule is CCCNCc1cc(S(=O)(=O)N(CC)CC2CC2)c[nH]1. The lowest BCUT2D eigenvalue weighted by Gasteiger charge is -2.19. The maximum atomic E-state index is 12.6. The Morgan fingerprint density at radius 1 is 1.40 bits per heavy atom. The first-order chi connectivity index (χ1) is 9.57. The maximum Gasteiger partial charge on any atom is 0.244 e. The highest BCUT2D eigenvalue weighted by Crippen LogP contribution is 2.31. The van der Waals surface area contributed by atoms with Gasteiger partial charge in [-0.2, -0.15) is 4.31 Å². The van der Waals surface area contributed by atoms with Gasteiger partial charge in [0.2, 0.25) is 10.0 Å². The van der Waals surface area contributed by atoms with E-state index in [4.69, 9.17) is 0 Å². The molecule has 0 radical (unpaired) electrons. The van der Waals surface area contributed by atoms with Crippen LogP contribution in [-0.4, -0.2) is 37.3 Å². The van der Waals surface area contributed by atoms with Crippen molar-refractivity contribution in [2.24, 2.45) is 5.92 Å². The summed E-state index contributed by atoms with van der Waals surface area (Å²) >= 11 is 0. The molecule has 0 unspecified atom stereocenters. The van der Waals surface area contributed by atoms with E-state index in [0.717, 1.165) is 31.5 Å². The van der Waals surface area contributed by atoms with E-state index in [2.05, 4.69) is 17.2 Å². The van der Waals surface area contributed by atoms with Gasteiger partial charge in [-0.15, -0.1) is 0 Å². The minimum Gasteiger partial charge on any atom is -0.363 e. The van der Waals surface area contributed by atoms with Crippen molar-refractivity contribution in [3.63, 3.8) is 0 Å². The van der Waals surface area contributed by atoms with Crippen molar-refractivity contribution in [1.82, 2.24) is 14.6 Å². The summed E-state index contributed by atoms with van der Waals surface area (Å²) < 4.78 is 26.7. The molecule has 1 aliphatic carbocycles. The molecule has 1 aromatic heterocycles. The van der Waals surface area contributed by atoms with E-state index in [-0.39, 0.29) is 0 Å². The number of hydrogen-bond donors (Lipinski definition) is 2. The van der Waals surface area contributed by atoms with Gasteiger partial charge in [0.1, 0.15) is 0 Å². The van der Waals surface area contributed by atoms with Crippen molar-refractivity contribution in [2.45, 2.75) is 44.6 Å². The molecule has 0 saturated heterocycles. The van der Waals surface area contributed by atoms with Crippen molar-refractivity contribution < 1.29 is 8.42 Å². The molecular weight excluding hydrogens is 274 g/mol. The number of aromatic amines is 1. The van der Waals surface area contributed by atoms with Crippen molar-refractivity contribution in [3.8, 4) is 0 Å². The second-order valence-corrected chi connectivity index (χ2v) is 7.37. The molecule has 1 aliphatic rings. The number of nitrogens with zero attached hydrogens (tertiary/aromatic N) is 1. The zero-order valence-corrected chi connectivity index (χ0v) is 13.2. The van der Waals surface area contributed by atoms with Crippen LogP contribution in [0.25, 0.3) is 0 Å². The minimum atomic E-state index is -3.34. The van der Waals surface area contributed by atoms with E-state index in [0.29, 0.717) is 30.4 Å². The van der Waals surface area contributed by atoms with Gasteiger partial charge in [-0.05, 0) is 37.8 Å². The van der Waals surface area contributed by atoms with Crippen LogP contribution in [0.4, 0.5) is 0 Å². The molecule has 2 N–H and O–H groups in total. The summed E-state index contributed by atoms with van der Waals surface area (Å²) in [5, 5.41) is 3.26. The molecule has 1 aromatic rings. The van der Waals surface area contributed by atoms with Crippen LogP contribution in [0.3, 0.4) is 0 Å². The molecular formula is C14H25N3O2S. The number of aromatic nitrogens is 1. The normalized spacial score (nSPS) is 15.9. The van der Waals surface area contributed by atoms with Crippen LogP contribution in [0, 0.1) is 5.92 Å². The fourth-order valence-corrected chi connectivity index (χ4v) is 3.75. The summed E-state index contributed by atoms with van der Waals surface area (Å²) in [5.74, 6) is 0.564. The Kier molecular flexibility index (Phi) is 5.23. The molecule has 0 spiro atoms. The molecule has 6 heteroatoms. The van der Waals surface area contributed by atoms with Crippen LogP contribution in [-0.2, 0) is 16.6 Å². The van der Waals surface area contributed by atoms with E-state index < -0.39 is 10.0 Å².